The predicted octanol–water partition coefficient (Wildman–Crippen LogP) is 2.22. The van der Waals surface area contributed by atoms with Crippen LogP contribution in [-0.2, 0) is 4.79 Å². The van der Waals surface area contributed by atoms with Crippen LogP contribution in [0.2, 0.25) is 0 Å². The molecule has 1 saturated heterocycles. The van der Waals surface area contributed by atoms with Crippen molar-refractivity contribution in [2.45, 2.75) is 12.8 Å². The molecular weight excluding hydrogens is 278 g/mol. The Kier molecular flexibility index (Phi) is 4.84. The molecule has 108 valence electrons. The maximum Gasteiger partial charge on any atom is 0.308 e. The van der Waals surface area contributed by atoms with Crippen LogP contribution < -0.4 is 10.6 Å². The molecule has 1 aromatic carbocycles. The van der Waals surface area contributed by atoms with E-state index in [1.165, 1.54) is 0 Å². The zero-order chi connectivity index (χ0) is 14.5. The average molecular weight is 296 g/mol. The predicted molar refractivity (Wildman–Crippen MR) is 81.0 cm³/mol. The number of nitrogens with two attached hydrogens (primary N) is 1. The van der Waals surface area contributed by atoms with Crippen molar-refractivity contribution in [3.05, 3.63) is 24.3 Å². The molecule has 1 aromatic rings. The number of amidine groups is 1. The van der Waals surface area contributed by atoms with Gasteiger partial charge in [0.15, 0.2) is 0 Å². The average Bonchev–Trinajstić information content (AvgIpc) is 2.48. The van der Waals surface area contributed by atoms with Gasteiger partial charge in [-0.15, -0.1) is 11.6 Å². The first-order chi connectivity index (χ1) is 9.60. The minimum Gasteiger partial charge on any atom is -0.481 e. The Hall–Kier alpha value is -1.75. The van der Waals surface area contributed by atoms with E-state index in [0.29, 0.717) is 12.4 Å². The summed E-state index contributed by atoms with van der Waals surface area (Å²) in [6, 6.07) is 7.59. The van der Waals surface area contributed by atoms with Crippen molar-refractivity contribution < 1.29 is 9.90 Å². The maximum atomic E-state index is 11.1. The monoisotopic (exact) mass is 295 g/mol. The van der Waals surface area contributed by atoms with Crippen molar-refractivity contribution >= 4 is 34.8 Å². The molecule has 1 heterocycles. The number of aliphatic imine (C=N–C) groups is 1. The Morgan fingerprint density at radius 3 is 2.75 bits per heavy atom. The molecule has 0 aliphatic carbocycles. The van der Waals surface area contributed by atoms with Gasteiger partial charge in [-0.1, -0.05) is 0 Å². The summed E-state index contributed by atoms with van der Waals surface area (Å²) in [5, 5.41) is 9.10. The van der Waals surface area contributed by atoms with E-state index in [1.54, 1.807) is 0 Å². The first-order valence-electron chi connectivity index (χ1n) is 6.57. The lowest BCUT2D eigenvalue weighted by Crippen LogP contribution is -2.38. The topological polar surface area (TPSA) is 78.9 Å². The Morgan fingerprint density at radius 2 is 2.15 bits per heavy atom. The molecular formula is C14H18ClN3O2. The van der Waals surface area contributed by atoms with Crippen LogP contribution in [0.15, 0.2) is 29.3 Å². The van der Waals surface area contributed by atoms with E-state index in [2.05, 4.69) is 9.89 Å². The van der Waals surface area contributed by atoms with E-state index >= 15 is 0 Å². The number of halogens is 1. The van der Waals surface area contributed by atoms with Crippen LogP contribution in [0.3, 0.4) is 0 Å². The minimum atomic E-state index is -0.717. The van der Waals surface area contributed by atoms with E-state index in [9.17, 15) is 4.79 Å². The van der Waals surface area contributed by atoms with E-state index < -0.39 is 5.97 Å². The third-order valence-electron chi connectivity index (χ3n) is 3.40. The standard InChI is InChI=1S/C14H18ClN3O2/c15-8-13(16)17-11-3-5-12(6-4-11)18-7-1-2-10(9-18)14(19)20/h3-6,10H,1-2,7-9H2,(H2,16,17)(H,19,20). The van der Waals surface area contributed by atoms with Gasteiger partial charge >= 0.3 is 5.97 Å². The Labute approximate surface area is 123 Å². The number of nitrogens with zero attached hydrogens (tertiary/aromatic N) is 2. The van der Waals surface area contributed by atoms with Gasteiger partial charge in [0.25, 0.3) is 0 Å². The van der Waals surface area contributed by atoms with Crippen molar-refractivity contribution in [3.63, 3.8) is 0 Å². The second-order valence-corrected chi connectivity index (χ2v) is 5.14. The summed E-state index contributed by atoms with van der Waals surface area (Å²) < 4.78 is 0. The largest absolute Gasteiger partial charge is 0.481 e. The molecule has 1 aliphatic heterocycles. The van der Waals surface area contributed by atoms with Crippen LogP contribution in [0.4, 0.5) is 11.4 Å². The molecule has 0 bridgehead atoms. The number of aliphatic carboxylic acids is 1. The van der Waals surface area contributed by atoms with Gasteiger partial charge in [-0.2, -0.15) is 0 Å². The molecule has 0 aromatic heterocycles. The molecule has 3 N–H and O–H groups in total. The van der Waals surface area contributed by atoms with Crippen LogP contribution in [0.1, 0.15) is 12.8 Å². The van der Waals surface area contributed by atoms with Gasteiger partial charge in [-0.05, 0) is 37.1 Å². The number of rotatable bonds is 4. The minimum absolute atomic E-state index is 0.203. The first kappa shape index (κ1) is 14.7. The number of piperidine rings is 1. The van der Waals surface area contributed by atoms with E-state index in [1.807, 2.05) is 24.3 Å². The van der Waals surface area contributed by atoms with Gasteiger partial charge < -0.3 is 15.7 Å². The molecule has 2 rings (SSSR count). The summed E-state index contributed by atoms with van der Waals surface area (Å²) in [6.07, 6.45) is 1.65. The number of benzene rings is 1. The second kappa shape index (κ2) is 6.61. The van der Waals surface area contributed by atoms with E-state index in [-0.39, 0.29) is 11.8 Å². The molecule has 5 nitrogen and oxygen atoms in total. The second-order valence-electron chi connectivity index (χ2n) is 4.88. The summed E-state index contributed by atoms with van der Waals surface area (Å²) in [6.45, 7) is 1.44. The summed E-state index contributed by atoms with van der Waals surface area (Å²) in [5.74, 6) is -0.420. The van der Waals surface area contributed by atoms with Gasteiger partial charge in [-0.3, -0.25) is 4.79 Å². The molecule has 6 heteroatoms. The zero-order valence-electron chi connectivity index (χ0n) is 11.1. The van der Waals surface area contributed by atoms with Gasteiger partial charge in [0.2, 0.25) is 0 Å². The van der Waals surface area contributed by atoms with Crippen LogP contribution in [0.5, 0.6) is 0 Å². The van der Waals surface area contributed by atoms with Crippen LogP contribution in [0, 0.1) is 5.92 Å². The van der Waals surface area contributed by atoms with Gasteiger partial charge in [0.1, 0.15) is 5.84 Å². The smallest absolute Gasteiger partial charge is 0.308 e. The van der Waals surface area contributed by atoms with E-state index in [0.717, 1.165) is 30.8 Å². The van der Waals surface area contributed by atoms with Crippen molar-refractivity contribution in [1.29, 1.82) is 0 Å². The normalized spacial score (nSPS) is 19.9. The van der Waals surface area contributed by atoms with Crippen LogP contribution in [-0.4, -0.2) is 35.9 Å². The molecule has 0 radical (unpaired) electrons. The number of hydrogen-bond donors (Lipinski definition) is 2. The van der Waals surface area contributed by atoms with Crippen LogP contribution >= 0.6 is 11.6 Å². The maximum absolute atomic E-state index is 11.1. The molecule has 1 aliphatic rings. The van der Waals surface area contributed by atoms with Crippen molar-refractivity contribution in [2.24, 2.45) is 16.6 Å². The zero-order valence-corrected chi connectivity index (χ0v) is 11.9. The number of carboxylic acid groups (broad SMARTS) is 1. The molecule has 0 amide bonds. The highest BCUT2D eigenvalue weighted by atomic mass is 35.5. The Balaban J connectivity index is 2.08. The fourth-order valence-electron chi connectivity index (χ4n) is 2.35. The fourth-order valence-corrected chi connectivity index (χ4v) is 2.41. The number of carbonyl (C=O) groups is 1. The van der Waals surface area contributed by atoms with Crippen molar-refractivity contribution in [3.8, 4) is 0 Å². The quantitative estimate of drug-likeness (QED) is 0.507. The third-order valence-corrected chi connectivity index (χ3v) is 3.67. The summed E-state index contributed by atoms with van der Waals surface area (Å²) >= 11 is 5.58. The molecule has 1 fully saturated rings. The highest BCUT2D eigenvalue weighted by Crippen LogP contribution is 2.25. The number of alkyl halides is 1. The van der Waals surface area contributed by atoms with E-state index in [4.69, 9.17) is 22.4 Å². The molecule has 0 saturated carbocycles. The lowest BCUT2D eigenvalue weighted by Gasteiger charge is -2.32. The third kappa shape index (κ3) is 3.63. The Morgan fingerprint density at radius 1 is 1.45 bits per heavy atom. The fraction of sp³-hybridized carbons (Fsp3) is 0.429. The van der Waals surface area contributed by atoms with Crippen LogP contribution in [0.25, 0.3) is 0 Å². The lowest BCUT2D eigenvalue weighted by molar-refractivity contribution is -0.141. The van der Waals surface area contributed by atoms with Crippen molar-refractivity contribution in [1.82, 2.24) is 0 Å². The molecule has 20 heavy (non-hydrogen) atoms. The highest BCUT2D eigenvalue weighted by Gasteiger charge is 2.25. The number of anilines is 1. The molecule has 1 atom stereocenters. The summed E-state index contributed by atoms with van der Waals surface area (Å²) in [5.41, 5.74) is 7.34. The van der Waals surface area contributed by atoms with Gasteiger partial charge in [-0.25, -0.2) is 4.99 Å². The molecule has 1 unspecified atom stereocenters. The first-order valence-corrected chi connectivity index (χ1v) is 7.10. The lowest BCUT2D eigenvalue weighted by atomic mass is 9.98. The summed E-state index contributed by atoms with van der Waals surface area (Å²) in [7, 11) is 0. The molecule has 0 spiro atoms. The van der Waals surface area contributed by atoms with Crippen molar-refractivity contribution in [2.75, 3.05) is 23.9 Å². The highest BCUT2D eigenvalue weighted by molar-refractivity contribution is 6.28. The number of hydrogen-bond acceptors (Lipinski definition) is 3. The Bertz CT molecular complexity index is 502. The SMILES string of the molecule is NC(CCl)=Nc1ccc(N2CCCC(C(=O)O)C2)cc1. The van der Waals surface area contributed by atoms with Gasteiger partial charge in [0, 0.05) is 18.8 Å². The van der Waals surface area contributed by atoms with Gasteiger partial charge in [0.05, 0.1) is 17.5 Å². The number of carboxylic acids is 1. The summed E-state index contributed by atoms with van der Waals surface area (Å²) in [4.78, 5) is 17.3.